The maximum absolute atomic E-state index is 12.7. The van der Waals surface area contributed by atoms with Crippen LogP contribution < -0.4 is 4.74 Å². The maximum atomic E-state index is 12.7. The standard InChI is InChI=1S/C19H20N2O3S2/c1-14-7-8-18(25-14)26(22,23)21-12-9-16(10-13-21)24-17-6-2-4-15-5-3-11-20-19(15)17/h2-8,11,16H,9-10,12-13H2,1H3. The molecule has 1 saturated heterocycles. The van der Waals surface area contributed by atoms with Gasteiger partial charge in [-0.25, -0.2) is 8.42 Å². The number of fused-ring (bicyclic) bond motifs is 1. The van der Waals surface area contributed by atoms with Gasteiger partial charge in [0, 0.05) is 29.5 Å². The molecule has 0 unspecified atom stereocenters. The summed E-state index contributed by atoms with van der Waals surface area (Å²) < 4.78 is 33.6. The van der Waals surface area contributed by atoms with E-state index in [1.807, 2.05) is 43.3 Å². The molecule has 7 heteroatoms. The van der Waals surface area contributed by atoms with Gasteiger partial charge in [0.1, 0.15) is 21.6 Å². The van der Waals surface area contributed by atoms with Gasteiger partial charge in [0.15, 0.2) is 0 Å². The van der Waals surface area contributed by atoms with E-state index in [-0.39, 0.29) is 6.10 Å². The molecule has 0 N–H and O–H groups in total. The molecule has 5 nitrogen and oxygen atoms in total. The van der Waals surface area contributed by atoms with Gasteiger partial charge >= 0.3 is 0 Å². The number of hydrogen-bond donors (Lipinski definition) is 0. The highest BCUT2D eigenvalue weighted by molar-refractivity contribution is 7.91. The van der Waals surface area contributed by atoms with E-state index < -0.39 is 10.0 Å². The second kappa shape index (κ2) is 6.98. The van der Waals surface area contributed by atoms with Crippen molar-refractivity contribution >= 4 is 32.3 Å². The predicted octanol–water partition coefficient (Wildman–Crippen LogP) is 3.84. The number of aryl methyl sites for hydroxylation is 1. The maximum Gasteiger partial charge on any atom is 0.252 e. The van der Waals surface area contributed by atoms with Crippen LogP contribution in [0.5, 0.6) is 5.75 Å². The molecule has 0 atom stereocenters. The van der Waals surface area contributed by atoms with E-state index in [0.717, 1.165) is 21.5 Å². The molecular weight excluding hydrogens is 368 g/mol. The fourth-order valence-electron chi connectivity index (χ4n) is 3.22. The monoisotopic (exact) mass is 388 g/mol. The van der Waals surface area contributed by atoms with Crippen LogP contribution in [0.15, 0.2) is 52.9 Å². The second-order valence-electron chi connectivity index (χ2n) is 6.42. The molecule has 136 valence electrons. The topological polar surface area (TPSA) is 59.5 Å². The third kappa shape index (κ3) is 3.34. The number of pyridine rings is 1. The van der Waals surface area contributed by atoms with Gasteiger partial charge in [-0.15, -0.1) is 11.3 Å². The molecule has 0 amide bonds. The van der Waals surface area contributed by atoms with Crippen LogP contribution in [-0.4, -0.2) is 36.9 Å². The van der Waals surface area contributed by atoms with Crippen molar-refractivity contribution in [1.29, 1.82) is 0 Å². The van der Waals surface area contributed by atoms with Crippen LogP contribution in [0.4, 0.5) is 0 Å². The van der Waals surface area contributed by atoms with Crippen molar-refractivity contribution in [3.05, 3.63) is 53.5 Å². The quantitative estimate of drug-likeness (QED) is 0.681. The fraction of sp³-hybridized carbons (Fsp3) is 0.316. The van der Waals surface area contributed by atoms with Crippen LogP contribution in [0, 0.1) is 6.92 Å². The highest BCUT2D eigenvalue weighted by atomic mass is 32.2. The number of ether oxygens (including phenoxy) is 1. The number of piperidine rings is 1. The first-order chi connectivity index (χ1) is 12.5. The van der Waals surface area contributed by atoms with Crippen LogP contribution in [0.3, 0.4) is 0 Å². The lowest BCUT2D eigenvalue weighted by molar-refractivity contribution is 0.136. The zero-order valence-corrected chi connectivity index (χ0v) is 16.1. The number of sulfonamides is 1. The van der Waals surface area contributed by atoms with Crippen LogP contribution >= 0.6 is 11.3 Å². The third-order valence-electron chi connectivity index (χ3n) is 4.60. The van der Waals surface area contributed by atoms with Crippen molar-refractivity contribution in [1.82, 2.24) is 9.29 Å². The fourth-order valence-corrected chi connectivity index (χ4v) is 6.13. The highest BCUT2D eigenvalue weighted by Crippen LogP contribution is 2.29. The summed E-state index contributed by atoms with van der Waals surface area (Å²) in [6.07, 6.45) is 3.10. The van der Waals surface area contributed by atoms with Gasteiger partial charge in [0.25, 0.3) is 10.0 Å². The van der Waals surface area contributed by atoms with E-state index >= 15 is 0 Å². The number of rotatable bonds is 4. The number of benzene rings is 1. The van der Waals surface area contributed by atoms with Crippen molar-refractivity contribution in [2.24, 2.45) is 0 Å². The summed E-state index contributed by atoms with van der Waals surface area (Å²) in [5.74, 6) is 0.762. The zero-order valence-electron chi connectivity index (χ0n) is 14.5. The minimum atomic E-state index is -3.39. The van der Waals surface area contributed by atoms with Crippen LogP contribution in [0.2, 0.25) is 0 Å². The molecule has 2 aromatic heterocycles. The average molecular weight is 389 g/mol. The molecule has 1 fully saturated rings. The first-order valence-corrected chi connectivity index (χ1v) is 10.9. The first kappa shape index (κ1) is 17.5. The molecule has 0 aliphatic carbocycles. The molecule has 0 spiro atoms. The van der Waals surface area contributed by atoms with Crippen molar-refractivity contribution in [2.75, 3.05) is 13.1 Å². The van der Waals surface area contributed by atoms with Crippen LogP contribution in [0.1, 0.15) is 17.7 Å². The summed E-state index contributed by atoms with van der Waals surface area (Å²) in [6, 6.07) is 13.3. The molecular formula is C19H20N2O3S2. The number of aromatic nitrogens is 1. The summed E-state index contributed by atoms with van der Waals surface area (Å²) in [5.41, 5.74) is 0.846. The van der Waals surface area contributed by atoms with E-state index in [4.69, 9.17) is 4.74 Å². The number of para-hydroxylation sites is 1. The Morgan fingerprint density at radius 3 is 2.62 bits per heavy atom. The van der Waals surface area contributed by atoms with Crippen molar-refractivity contribution < 1.29 is 13.2 Å². The van der Waals surface area contributed by atoms with E-state index in [2.05, 4.69) is 4.98 Å². The smallest absolute Gasteiger partial charge is 0.252 e. The van der Waals surface area contributed by atoms with Crippen LogP contribution in [-0.2, 0) is 10.0 Å². The zero-order chi connectivity index (χ0) is 18.1. The Bertz CT molecular complexity index is 1020. The molecule has 1 aromatic carbocycles. The molecule has 1 aliphatic heterocycles. The Morgan fingerprint density at radius 2 is 1.88 bits per heavy atom. The van der Waals surface area contributed by atoms with Crippen molar-refractivity contribution in [3.8, 4) is 5.75 Å². The number of nitrogens with zero attached hydrogens (tertiary/aromatic N) is 2. The van der Waals surface area contributed by atoms with Gasteiger partial charge in [0.2, 0.25) is 0 Å². The van der Waals surface area contributed by atoms with Crippen molar-refractivity contribution in [2.45, 2.75) is 30.1 Å². The predicted molar refractivity (Wildman–Crippen MR) is 103 cm³/mol. The highest BCUT2D eigenvalue weighted by Gasteiger charge is 2.31. The molecule has 4 rings (SSSR count). The van der Waals surface area contributed by atoms with Crippen LogP contribution in [0.25, 0.3) is 10.9 Å². The molecule has 0 saturated carbocycles. The van der Waals surface area contributed by atoms with E-state index in [9.17, 15) is 8.42 Å². The SMILES string of the molecule is Cc1ccc(S(=O)(=O)N2CCC(Oc3cccc4cccnc34)CC2)s1. The first-order valence-electron chi connectivity index (χ1n) is 8.61. The number of thiophene rings is 1. The molecule has 3 heterocycles. The van der Waals surface area contributed by atoms with Gasteiger partial charge in [-0.3, -0.25) is 4.98 Å². The van der Waals surface area contributed by atoms with E-state index in [0.29, 0.717) is 30.1 Å². The van der Waals surface area contributed by atoms with E-state index in [1.54, 1.807) is 16.6 Å². The van der Waals surface area contributed by atoms with Gasteiger partial charge < -0.3 is 4.74 Å². The van der Waals surface area contributed by atoms with Gasteiger partial charge in [-0.2, -0.15) is 4.31 Å². The lowest BCUT2D eigenvalue weighted by Gasteiger charge is -2.31. The summed E-state index contributed by atoms with van der Waals surface area (Å²) in [5, 5.41) is 1.04. The molecule has 3 aromatic rings. The van der Waals surface area contributed by atoms with Gasteiger partial charge in [0.05, 0.1) is 0 Å². The average Bonchev–Trinajstić information content (AvgIpc) is 3.10. The summed E-state index contributed by atoms with van der Waals surface area (Å²) in [7, 11) is -3.39. The summed E-state index contributed by atoms with van der Waals surface area (Å²) in [6.45, 7) is 2.87. The third-order valence-corrected chi connectivity index (χ3v) is 7.97. The molecule has 0 bridgehead atoms. The normalized spacial score (nSPS) is 16.8. The Kier molecular flexibility index (Phi) is 4.69. The minimum absolute atomic E-state index is 0.000807. The molecule has 26 heavy (non-hydrogen) atoms. The lowest BCUT2D eigenvalue weighted by Crippen LogP contribution is -2.41. The molecule has 0 radical (unpaired) electrons. The summed E-state index contributed by atoms with van der Waals surface area (Å²) in [4.78, 5) is 5.42. The largest absolute Gasteiger partial charge is 0.488 e. The Balaban J connectivity index is 1.45. The Morgan fingerprint density at radius 1 is 1.12 bits per heavy atom. The van der Waals surface area contributed by atoms with Gasteiger partial charge in [-0.05, 0) is 44.0 Å². The Labute approximate surface area is 157 Å². The number of hydrogen-bond acceptors (Lipinski definition) is 5. The molecule has 1 aliphatic rings. The van der Waals surface area contributed by atoms with E-state index in [1.165, 1.54) is 11.3 Å². The Hall–Kier alpha value is -1.96. The van der Waals surface area contributed by atoms with Gasteiger partial charge in [-0.1, -0.05) is 18.2 Å². The van der Waals surface area contributed by atoms with Crippen molar-refractivity contribution in [3.63, 3.8) is 0 Å². The lowest BCUT2D eigenvalue weighted by atomic mass is 10.1. The second-order valence-corrected chi connectivity index (χ2v) is 9.87. The minimum Gasteiger partial charge on any atom is -0.488 e. The summed E-state index contributed by atoms with van der Waals surface area (Å²) >= 11 is 1.32.